The lowest BCUT2D eigenvalue weighted by molar-refractivity contribution is 0.576. The van der Waals surface area contributed by atoms with E-state index in [4.69, 9.17) is 21.0 Å². The molecule has 2 aromatic carbocycles. The van der Waals surface area contributed by atoms with Crippen LogP contribution in [0.25, 0.3) is 39.6 Å². The molecule has 126 valence electrons. The Kier molecular flexibility index (Phi) is 3.26. The molecular formula is C19H10ClFN4O. The maximum Gasteiger partial charge on any atom is 0.199 e. The third-order valence-corrected chi connectivity index (χ3v) is 4.36. The number of hydrogen-bond acceptors (Lipinski definition) is 4. The summed E-state index contributed by atoms with van der Waals surface area (Å²) in [5, 5.41) is 0.0171. The molecule has 5 aromatic rings. The van der Waals surface area contributed by atoms with Gasteiger partial charge in [0.05, 0.1) is 28.0 Å². The summed E-state index contributed by atoms with van der Waals surface area (Å²) in [6.45, 7) is 0. The normalized spacial score (nSPS) is 11.5. The van der Waals surface area contributed by atoms with Crippen LogP contribution >= 0.6 is 11.6 Å². The minimum atomic E-state index is -0.490. The van der Waals surface area contributed by atoms with Gasteiger partial charge < -0.3 is 4.42 Å². The highest BCUT2D eigenvalue weighted by Crippen LogP contribution is 2.30. The summed E-state index contributed by atoms with van der Waals surface area (Å²) < 4.78 is 20.9. The zero-order valence-electron chi connectivity index (χ0n) is 13.2. The molecule has 0 spiro atoms. The maximum absolute atomic E-state index is 13.6. The second-order valence-electron chi connectivity index (χ2n) is 5.71. The molecule has 0 aliphatic rings. The number of rotatable bonds is 2. The molecular weight excluding hydrogens is 355 g/mol. The van der Waals surface area contributed by atoms with Gasteiger partial charge in [-0.05, 0) is 42.5 Å². The first-order chi connectivity index (χ1) is 12.7. The Morgan fingerprint density at radius 1 is 0.923 bits per heavy atom. The molecule has 3 heterocycles. The second kappa shape index (κ2) is 5.64. The van der Waals surface area contributed by atoms with E-state index >= 15 is 0 Å². The summed E-state index contributed by atoms with van der Waals surface area (Å²) in [6, 6.07) is 15.6. The van der Waals surface area contributed by atoms with E-state index in [1.807, 2.05) is 24.3 Å². The lowest BCUT2D eigenvalue weighted by Gasteiger charge is -2.08. The lowest BCUT2D eigenvalue weighted by atomic mass is 10.3. The van der Waals surface area contributed by atoms with Crippen LogP contribution in [-0.2, 0) is 0 Å². The summed E-state index contributed by atoms with van der Waals surface area (Å²) in [5.41, 5.74) is 3.11. The standard InChI is InChI=1S/C19H10ClFN4O/c20-12-10-11(7-8-13(12)21)25-18(16-6-3-9-26-16)24-17-19(25)23-15-5-2-1-4-14(15)22-17/h1-10H. The minimum Gasteiger partial charge on any atom is -0.461 e. The van der Waals surface area contributed by atoms with Crippen LogP contribution in [0, 0.1) is 5.82 Å². The topological polar surface area (TPSA) is 56.7 Å². The first-order valence-electron chi connectivity index (χ1n) is 7.85. The van der Waals surface area contributed by atoms with Crippen molar-refractivity contribution in [1.29, 1.82) is 0 Å². The number of para-hydroxylation sites is 2. The molecule has 0 atom stereocenters. The molecule has 0 aliphatic heterocycles. The fraction of sp³-hybridized carbons (Fsp3) is 0. The van der Waals surface area contributed by atoms with Gasteiger partial charge in [-0.1, -0.05) is 23.7 Å². The molecule has 0 saturated carbocycles. The Morgan fingerprint density at radius 3 is 2.46 bits per heavy atom. The van der Waals surface area contributed by atoms with E-state index in [1.165, 1.54) is 12.1 Å². The average Bonchev–Trinajstić information content (AvgIpc) is 3.29. The van der Waals surface area contributed by atoms with Gasteiger partial charge in [0.2, 0.25) is 0 Å². The SMILES string of the molecule is Fc1ccc(-n2c(-c3ccco3)nc3nc4ccccc4nc32)cc1Cl. The molecule has 0 radical (unpaired) electrons. The maximum atomic E-state index is 13.6. The van der Waals surface area contributed by atoms with Gasteiger partial charge in [-0.2, -0.15) is 0 Å². The predicted octanol–water partition coefficient (Wildman–Crippen LogP) is 5.02. The van der Waals surface area contributed by atoms with E-state index in [0.717, 1.165) is 11.0 Å². The zero-order valence-corrected chi connectivity index (χ0v) is 14.0. The van der Waals surface area contributed by atoms with Crippen molar-refractivity contribution in [3.8, 4) is 17.3 Å². The first kappa shape index (κ1) is 15.0. The molecule has 5 nitrogen and oxygen atoms in total. The molecule has 0 N–H and O–H groups in total. The number of halogens is 2. The third-order valence-electron chi connectivity index (χ3n) is 4.07. The van der Waals surface area contributed by atoms with Gasteiger partial charge in [0, 0.05) is 0 Å². The highest BCUT2D eigenvalue weighted by molar-refractivity contribution is 6.30. The number of nitrogens with zero attached hydrogens (tertiary/aromatic N) is 4. The van der Waals surface area contributed by atoms with Crippen molar-refractivity contribution in [3.05, 3.63) is 71.7 Å². The second-order valence-corrected chi connectivity index (χ2v) is 6.11. The van der Waals surface area contributed by atoms with Crippen LogP contribution in [0.15, 0.2) is 65.3 Å². The van der Waals surface area contributed by atoms with Gasteiger partial charge in [-0.15, -0.1) is 0 Å². The number of fused-ring (bicyclic) bond motifs is 2. The monoisotopic (exact) mass is 364 g/mol. The molecule has 5 rings (SSSR count). The van der Waals surface area contributed by atoms with E-state index in [1.54, 1.807) is 29.0 Å². The number of imidazole rings is 1. The van der Waals surface area contributed by atoms with Crippen molar-refractivity contribution in [2.45, 2.75) is 0 Å². The lowest BCUT2D eigenvalue weighted by Crippen LogP contribution is -1.99. The van der Waals surface area contributed by atoms with Gasteiger partial charge in [0.15, 0.2) is 22.9 Å². The van der Waals surface area contributed by atoms with Crippen LogP contribution in [0.2, 0.25) is 5.02 Å². The average molecular weight is 365 g/mol. The van der Waals surface area contributed by atoms with E-state index in [2.05, 4.69) is 9.97 Å². The van der Waals surface area contributed by atoms with Gasteiger partial charge in [0.1, 0.15) is 5.82 Å². The number of hydrogen-bond donors (Lipinski definition) is 0. The smallest absolute Gasteiger partial charge is 0.199 e. The summed E-state index contributed by atoms with van der Waals surface area (Å²) in [5.74, 6) is 0.577. The Bertz CT molecular complexity index is 1260. The van der Waals surface area contributed by atoms with E-state index < -0.39 is 5.82 Å². The molecule has 0 aliphatic carbocycles. The van der Waals surface area contributed by atoms with Gasteiger partial charge in [-0.3, -0.25) is 4.57 Å². The van der Waals surface area contributed by atoms with Crippen LogP contribution in [0.5, 0.6) is 0 Å². The van der Waals surface area contributed by atoms with Crippen molar-refractivity contribution in [2.75, 3.05) is 0 Å². The summed E-state index contributed by atoms with van der Waals surface area (Å²) in [6.07, 6.45) is 1.56. The Hall–Kier alpha value is -3.25. The molecule has 7 heteroatoms. The molecule has 0 amide bonds. The van der Waals surface area contributed by atoms with Crippen molar-refractivity contribution in [3.63, 3.8) is 0 Å². The fourth-order valence-corrected chi connectivity index (χ4v) is 3.07. The molecule has 0 unspecified atom stereocenters. The minimum absolute atomic E-state index is 0.0171. The predicted molar refractivity (Wildman–Crippen MR) is 96.8 cm³/mol. The largest absolute Gasteiger partial charge is 0.461 e. The highest BCUT2D eigenvalue weighted by atomic mass is 35.5. The molecule has 0 fully saturated rings. The quantitative estimate of drug-likeness (QED) is 0.441. The molecule has 0 saturated heterocycles. The van der Waals surface area contributed by atoms with Crippen molar-refractivity contribution in [1.82, 2.24) is 19.5 Å². The Morgan fingerprint density at radius 2 is 1.73 bits per heavy atom. The van der Waals surface area contributed by atoms with Gasteiger partial charge >= 0.3 is 0 Å². The van der Waals surface area contributed by atoms with Crippen LogP contribution in [0.4, 0.5) is 4.39 Å². The summed E-state index contributed by atoms with van der Waals surface area (Å²) in [4.78, 5) is 13.9. The molecule has 3 aromatic heterocycles. The van der Waals surface area contributed by atoms with Crippen LogP contribution < -0.4 is 0 Å². The van der Waals surface area contributed by atoms with E-state index in [0.29, 0.717) is 28.6 Å². The molecule has 0 bridgehead atoms. The van der Waals surface area contributed by atoms with Crippen LogP contribution in [0.1, 0.15) is 0 Å². The first-order valence-corrected chi connectivity index (χ1v) is 8.23. The highest BCUT2D eigenvalue weighted by Gasteiger charge is 2.19. The van der Waals surface area contributed by atoms with Gasteiger partial charge in [0.25, 0.3) is 0 Å². The van der Waals surface area contributed by atoms with Crippen molar-refractivity contribution in [2.24, 2.45) is 0 Å². The summed E-state index contributed by atoms with van der Waals surface area (Å²) >= 11 is 5.99. The Balaban J connectivity index is 1.89. The van der Waals surface area contributed by atoms with Crippen LogP contribution in [0.3, 0.4) is 0 Å². The number of aromatic nitrogens is 4. The van der Waals surface area contributed by atoms with Crippen LogP contribution in [-0.4, -0.2) is 19.5 Å². The number of benzene rings is 2. The van der Waals surface area contributed by atoms with Crippen molar-refractivity contribution >= 4 is 33.9 Å². The van der Waals surface area contributed by atoms with Gasteiger partial charge in [-0.25, -0.2) is 19.3 Å². The van der Waals surface area contributed by atoms with E-state index in [9.17, 15) is 4.39 Å². The third kappa shape index (κ3) is 2.27. The van der Waals surface area contributed by atoms with E-state index in [-0.39, 0.29) is 5.02 Å². The zero-order chi connectivity index (χ0) is 17.7. The molecule has 26 heavy (non-hydrogen) atoms. The number of furan rings is 1. The summed E-state index contributed by atoms with van der Waals surface area (Å²) in [7, 11) is 0. The van der Waals surface area contributed by atoms with Crippen molar-refractivity contribution < 1.29 is 8.81 Å². The fourth-order valence-electron chi connectivity index (χ4n) is 2.90. The Labute approximate surface area is 151 Å².